The van der Waals surface area contributed by atoms with Crippen LogP contribution in [-0.2, 0) is 22.7 Å². The maximum Gasteiger partial charge on any atom is 0.417 e. The number of nitrogens with zero attached hydrogens (tertiary/aromatic N) is 1. The van der Waals surface area contributed by atoms with Gasteiger partial charge in [-0.25, -0.2) is 14.1 Å². The van der Waals surface area contributed by atoms with Crippen LogP contribution in [0.15, 0.2) is 60.7 Å². The van der Waals surface area contributed by atoms with Gasteiger partial charge in [0.25, 0.3) is 0 Å². The fourth-order valence-corrected chi connectivity index (χ4v) is 3.85. The molecule has 0 saturated carbocycles. The molecule has 1 aliphatic heterocycles. The average Bonchev–Trinajstić information content (AvgIpc) is 2.73. The molecule has 1 N–H and O–H groups in total. The van der Waals surface area contributed by atoms with E-state index >= 15 is 0 Å². The standard InChI is InChI=1S/C23H28N2O3/c1-19-10-8-9-15-25(19,23(27)24-16-20-11-4-2-5-12-20)17-22(26)28-18-21-13-6-3-7-14-21/h2-7,11-14,19H,8-10,15-18H2,1H3/p+1/t19-,25?/m1/s1. The zero-order valence-electron chi connectivity index (χ0n) is 16.5. The van der Waals surface area contributed by atoms with Crippen molar-refractivity contribution in [2.75, 3.05) is 13.1 Å². The van der Waals surface area contributed by atoms with Gasteiger partial charge < -0.3 is 10.1 Å². The fourth-order valence-electron chi connectivity index (χ4n) is 3.85. The van der Waals surface area contributed by atoms with E-state index in [0.29, 0.717) is 13.1 Å². The average molecular weight is 381 g/mol. The molecule has 1 fully saturated rings. The van der Waals surface area contributed by atoms with E-state index < -0.39 is 0 Å². The first-order valence-electron chi connectivity index (χ1n) is 9.99. The lowest BCUT2D eigenvalue weighted by molar-refractivity contribution is -0.872. The Morgan fingerprint density at radius 1 is 1.00 bits per heavy atom. The van der Waals surface area contributed by atoms with E-state index in [9.17, 15) is 9.59 Å². The van der Waals surface area contributed by atoms with Crippen molar-refractivity contribution in [3.05, 3.63) is 71.8 Å². The second-order valence-corrected chi connectivity index (χ2v) is 7.55. The molecule has 0 spiro atoms. The summed E-state index contributed by atoms with van der Waals surface area (Å²) in [5.74, 6) is -0.326. The number of ether oxygens (including phenoxy) is 1. The van der Waals surface area contributed by atoms with Gasteiger partial charge in [-0.15, -0.1) is 0 Å². The minimum atomic E-state index is -0.326. The molecule has 1 saturated heterocycles. The van der Waals surface area contributed by atoms with E-state index in [2.05, 4.69) is 12.2 Å². The van der Waals surface area contributed by atoms with Crippen LogP contribution >= 0.6 is 0 Å². The van der Waals surface area contributed by atoms with Gasteiger partial charge in [0.15, 0.2) is 6.54 Å². The summed E-state index contributed by atoms with van der Waals surface area (Å²) in [5, 5.41) is 3.04. The summed E-state index contributed by atoms with van der Waals surface area (Å²) in [6, 6.07) is 19.4. The Hall–Kier alpha value is -2.66. The predicted octanol–water partition coefficient (Wildman–Crippen LogP) is 4.03. The van der Waals surface area contributed by atoms with E-state index in [4.69, 9.17) is 4.74 Å². The van der Waals surface area contributed by atoms with Crippen molar-refractivity contribution in [3.8, 4) is 0 Å². The number of amides is 2. The molecule has 2 amide bonds. The number of benzene rings is 2. The van der Waals surface area contributed by atoms with E-state index in [0.717, 1.165) is 30.4 Å². The number of urea groups is 1. The zero-order chi connectivity index (χ0) is 19.8. The number of carbonyl (C=O) groups is 2. The fraction of sp³-hybridized carbons (Fsp3) is 0.391. The van der Waals surface area contributed by atoms with Crippen molar-refractivity contribution >= 4 is 12.0 Å². The van der Waals surface area contributed by atoms with Crippen molar-refractivity contribution in [2.45, 2.75) is 45.4 Å². The zero-order valence-corrected chi connectivity index (χ0v) is 16.5. The van der Waals surface area contributed by atoms with Gasteiger partial charge in [-0.3, -0.25) is 0 Å². The van der Waals surface area contributed by atoms with Gasteiger partial charge in [-0.2, -0.15) is 0 Å². The first kappa shape index (κ1) is 20.1. The van der Waals surface area contributed by atoms with Gasteiger partial charge in [0.1, 0.15) is 6.61 Å². The molecule has 0 aliphatic carbocycles. The third kappa shape index (κ3) is 4.98. The molecule has 2 aromatic carbocycles. The van der Waals surface area contributed by atoms with E-state index in [1.165, 1.54) is 0 Å². The lowest BCUT2D eigenvalue weighted by Crippen LogP contribution is -2.65. The van der Waals surface area contributed by atoms with E-state index in [1.807, 2.05) is 60.7 Å². The summed E-state index contributed by atoms with van der Waals surface area (Å²) in [6.45, 7) is 3.51. The number of quaternary nitrogens is 1. The Morgan fingerprint density at radius 2 is 1.64 bits per heavy atom. The summed E-state index contributed by atoms with van der Waals surface area (Å²) >= 11 is 0. The Kier molecular flexibility index (Phi) is 6.82. The summed E-state index contributed by atoms with van der Waals surface area (Å²) in [5.41, 5.74) is 1.99. The summed E-state index contributed by atoms with van der Waals surface area (Å²) < 4.78 is 5.61. The molecule has 2 atom stereocenters. The monoisotopic (exact) mass is 381 g/mol. The summed E-state index contributed by atoms with van der Waals surface area (Å²) in [4.78, 5) is 25.8. The molecule has 1 heterocycles. The van der Waals surface area contributed by atoms with Gasteiger partial charge in [0, 0.05) is 6.54 Å². The molecule has 5 heteroatoms. The smallest absolute Gasteiger partial charge is 0.417 e. The summed E-state index contributed by atoms with van der Waals surface area (Å²) in [7, 11) is 0. The summed E-state index contributed by atoms with van der Waals surface area (Å²) in [6.07, 6.45) is 2.96. The number of esters is 1. The lowest BCUT2D eigenvalue weighted by Gasteiger charge is -2.42. The molecule has 5 nitrogen and oxygen atoms in total. The van der Waals surface area contributed by atoms with Crippen LogP contribution in [0.2, 0.25) is 0 Å². The molecule has 0 radical (unpaired) electrons. The van der Waals surface area contributed by atoms with Crippen LogP contribution in [0.5, 0.6) is 0 Å². The Bertz CT molecular complexity index is 779. The molecular formula is C23H29N2O3+. The topological polar surface area (TPSA) is 55.4 Å². The third-order valence-corrected chi connectivity index (χ3v) is 5.62. The SMILES string of the molecule is C[C@@H]1CCCC[N+]1(CC(=O)OCc1ccccc1)C(=O)NCc1ccccc1. The van der Waals surface area contributed by atoms with Crippen LogP contribution in [-0.4, -0.2) is 35.6 Å². The number of nitrogens with one attached hydrogen (secondary N) is 1. The van der Waals surface area contributed by atoms with Gasteiger partial charge in [0.2, 0.25) is 0 Å². The highest BCUT2D eigenvalue weighted by atomic mass is 16.5. The van der Waals surface area contributed by atoms with Crippen molar-refractivity contribution in [1.29, 1.82) is 0 Å². The van der Waals surface area contributed by atoms with Crippen LogP contribution < -0.4 is 5.32 Å². The molecule has 28 heavy (non-hydrogen) atoms. The van der Waals surface area contributed by atoms with Gasteiger partial charge in [0.05, 0.1) is 12.6 Å². The van der Waals surface area contributed by atoms with Crippen molar-refractivity contribution in [3.63, 3.8) is 0 Å². The van der Waals surface area contributed by atoms with Gasteiger partial charge in [-0.1, -0.05) is 60.7 Å². The minimum absolute atomic E-state index is 0.0780. The number of piperidine rings is 1. The molecule has 3 rings (SSSR count). The first-order valence-corrected chi connectivity index (χ1v) is 9.99. The quantitative estimate of drug-likeness (QED) is 0.607. The van der Waals surface area contributed by atoms with E-state index in [-0.39, 0.29) is 35.7 Å². The molecular weight excluding hydrogens is 352 g/mol. The van der Waals surface area contributed by atoms with Crippen molar-refractivity contribution in [1.82, 2.24) is 5.32 Å². The maximum absolute atomic E-state index is 13.2. The number of hydrogen-bond donors (Lipinski definition) is 1. The van der Waals surface area contributed by atoms with Crippen molar-refractivity contribution in [2.24, 2.45) is 0 Å². The van der Waals surface area contributed by atoms with Gasteiger partial charge >= 0.3 is 12.0 Å². The highest BCUT2D eigenvalue weighted by Crippen LogP contribution is 2.26. The van der Waals surface area contributed by atoms with Crippen LogP contribution in [0.25, 0.3) is 0 Å². The third-order valence-electron chi connectivity index (χ3n) is 5.62. The number of carbonyl (C=O) groups excluding carboxylic acids is 2. The van der Waals surface area contributed by atoms with Crippen LogP contribution in [0, 0.1) is 0 Å². The van der Waals surface area contributed by atoms with E-state index in [1.54, 1.807) is 0 Å². The Morgan fingerprint density at radius 3 is 2.29 bits per heavy atom. The highest BCUT2D eigenvalue weighted by molar-refractivity contribution is 5.75. The second-order valence-electron chi connectivity index (χ2n) is 7.55. The Labute approximate surface area is 166 Å². The lowest BCUT2D eigenvalue weighted by atomic mass is 10.00. The maximum atomic E-state index is 13.2. The first-order chi connectivity index (χ1) is 13.6. The number of likely N-dealkylation sites (tertiary alicyclic amines) is 1. The molecule has 1 aliphatic rings. The van der Waals surface area contributed by atoms with Gasteiger partial charge in [-0.05, 0) is 37.3 Å². The number of rotatable bonds is 6. The Balaban J connectivity index is 1.65. The molecule has 2 aromatic rings. The van der Waals surface area contributed by atoms with Crippen LogP contribution in [0.3, 0.4) is 0 Å². The molecule has 1 unspecified atom stereocenters. The largest absolute Gasteiger partial charge is 0.457 e. The number of hydrogen-bond acceptors (Lipinski definition) is 3. The minimum Gasteiger partial charge on any atom is -0.457 e. The van der Waals surface area contributed by atoms with Crippen LogP contribution in [0.1, 0.15) is 37.3 Å². The molecule has 0 bridgehead atoms. The predicted molar refractivity (Wildman–Crippen MR) is 108 cm³/mol. The highest BCUT2D eigenvalue weighted by Gasteiger charge is 2.45. The van der Waals surface area contributed by atoms with Crippen LogP contribution in [0.4, 0.5) is 4.79 Å². The second kappa shape index (κ2) is 9.51. The van der Waals surface area contributed by atoms with Crippen molar-refractivity contribution < 1.29 is 18.8 Å². The normalized spacial score (nSPS) is 21.7. The molecule has 148 valence electrons. The molecule has 0 aromatic heterocycles.